The molecule has 0 bridgehead atoms. The maximum atomic E-state index is 13.9. The van der Waals surface area contributed by atoms with E-state index < -0.39 is 11.6 Å². The molecule has 1 aliphatic carbocycles. The van der Waals surface area contributed by atoms with Crippen LogP contribution >= 0.6 is 0 Å². The summed E-state index contributed by atoms with van der Waals surface area (Å²) < 4.78 is 33.6. The quantitative estimate of drug-likeness (QED) is 0.552. The molecule has 2 aromatic rings. The molecule has 1 saturated carbocycles. The van der Waals surface area contributed by atoms with Crippen molar-refractivity contribution in [3.8, 4) is 0 Å². The lowest BCUT2D eigenvalue weighted by Crippen LogP contribution is -2.30. The Morgan fingerprint density at radius 2 is 1.59 bits per heavy atom. The first kappa shape index (κ1) is 21.9. The summed E-state index contributed by atoms with van der Waals surface area (Å²) in [7, 11) is 0. The summed E-state index contributed by atoms with van der Waals surface area (Å²) in [6, 6.07) is 10.2. The Morgan fingerprint density at radius 3 is 2.24 bits per heavy atom. The summed E-state index contributed by atoms with van der Waals surface area (Å²) in [6.45, 7) is 6.45. The van der Waals surface area contributed by atoms with E-state index in [-0.39, 0.29) is 18.1 Å². The molecule has 1 aliphatic rings. The molecule has 29 heavy (non-hydrogen) atoms. The van der Waals surface area contributed by atoms with E-state index in [9.17, 15) is 8.78 Å². The lowest BCUT2D eigenvalue weighted by molar-refractivity contribution is 0.101. The van der Waals surface area contributed by atoms with Crippen molar-refractivity contribution >= 4 is 0 Å². The molecular weight excluding hydrogens is 368 g/mol. The molecule has 158 valence electrons. The molecular formula is C25H33F2NO. The highest BCUT2D eigenvalue weighted by Gasteiger charge is 2.19. The fourth-order valence-electron chi connectivity index (χ4n) is 4.54. The Hall–Kier alpha value is -1.78. The minimum atomic E-state index is -0.552. The van der Waals surface area contributed by atoms with E-state index >= 15 is 0 Å². The minimum absolute atomic E-state index is 0.00270. The van der Waals surface area contributed by atoms with Crippen LogP contribution in [0.1, 0.15) is 60.3 Å². The van der Waals surface area contributed by atoms with Crippen molar-refractivity contribution in [3.05, 3.63) is 70.3 Å². The summed E-state index contributed by atoms with van der Waals surface area (Å²) in [6.07, 6.45) is 6.66. The molecule has 1 fully saturated rings. The molecule has 0 radical (unpaired) electrons. The number of rotatable bonds is 9. The number of nitrogens with one attached hydrogen (secondary N) is 1. The first-order chi connectivity index (χ1) is 14.1. The summed E-state index contributed by atoms with van der Waals surface area (Å²) in [5.74, 6) is -0.196. The van der Waals surface area contributed by atoms with Crippen LogP contribution in [0.2, 0.25) is 0 Å². The first-order valence-corrected chi connectivity index (χ1v) is 10.8. The molecule has 1 unspecified atom stereocenters. The SMILES string of the molecule is Cc1cccc(C)c1C(CNCC1CCCCC1)COCc1c(F)cccc1F. The van der Waals surface area contributed by atoms with Crippen molar-refractivity contribution in [2.24, 2.45) is 5.92 Å². The van der Waals surface area contributed by atoms with Crippen LogP contribution in [0.25, 0.3) is 0 Å². The van der Waals surface area contributed by atoms with E-state index in [2.05, 4.69) is 37.4 Å². The normalized spacial score (nSPS) is 16.1. The molecule has 2 nitrogen and oxygen atoms in total. The van der Waals surface area contributed by atoms with Crippen molar-refractivity contribution in [3.63, 3.8) is 0 Å². The van der Waals surface area contributed by atoms with Gasteiger partial charge in [-0.05, 0) is 68.0 Å². The molecule has 1 N–H and O–H groups in total. The zero-order valence-electron chi connectivity index (χ0n) is 17.6. The van der Waals surface area contributed by atoms with E-state index in [1.54, 1.807) is 0 Å². The highest BCUT2D eigenvalue weighted by Crippen LogP contribution is 2.26. The predicted octanol–water partition coefficient (Wildman–Crippen LogP) is 6.05. The van der Waals surface area contributed by atoms with Gasteiger partial charge in [-0.2, -0.15) is 0 Å². The molecule has 0 saturated heterocycles. The van der Waals surface area contributed by atoms with Gasteiger partial charge in [0.2, 0.25) is 0 Å². The third-order valence-electron chi connectivity index (χ3n) is 6.13. The maximum Gasteiger partial charge on any atom is 0.131 e. The molecule has 4 heteroatoms. The van der Waals surface area contributed by atoms with Crippen molar-refractivity contribution in [1.82, 2.24) is 5.32 Å². The number of hydrogen-bond donors (Lipinski definition) is 1. The number of benzene rings is 2. The van der Waals surface area contributed by atoms with E-state index in [1.165, 1.54) is 67.0 Å². The van der Waals surface area contributed by atoms with Gasteiger partial charge in [0.15, 0.2) is 0 Å². The van der Waals surface area contributed by atoms with Crippen LogP contribution in [0.3, 0.4) is 0 Å². The average Bonchev–Trinajstić information content (AvgIpc) is 2.70. The Bertz CT molecular complexity index is 746. The molecule has 0 heterocycles. The summed E-state index contributed by atoms with van der Waals surface area (Å²) in [5.41, 5.74) is 3.74. The fraction of sp³-hybridized carbons (Fsp3) is 0.520. The summed E-state index contributed by atoms with van der Waals surface area (Å²) >= 11 is 0. The summed E-state index contributed by atoms with van der Waals surface area (Å²) in [4.78, 5) is 0. The van der Waals surface area contributed by atoms with Crippen LogP contribution in [-0.4, -0.2) is 19.7 Å². The van der Waals surface area contributed by atoms with Gasteiger partial charge in [0, 0.05) is 18.0 Å². The Morgan fingerprint density at radius 1 is 0.966 bits per heavy atom. The van der Waals surface area contributed by atoms with Gasteiger partial charge in [-0.15, -0.1) is 0 Å². The predicted molar refractivity (Wildman–Crippen MR) is 114 cm³/mol. The highest BCUT2D eigenvalue weighted by molar-refractivity contribution is 5.37. The monoisotopic (exact) mass is 401 g/mol. The zero-order chi connectivity index (χ0) is 20.6. The van der Waals surface area contributed by atoms with Gasteiger partial charge in [-0.3, -0.25) is 0 Å². The number of hydrogen-bond acceptors (Lipinski definition) is 2. The van der Waals surface area contributed by atoms with Crippen LogP contribution in [0.15, 0.2) is 36.4 Å². The largest absolute Gasteiger partial charge is 0.376 e. The van der Waals surface area contributed by atoms with Gasteiger partial charge in [0.05, 0.1) is 13.2 Å². The van der Waals surface area contributed by atoms with Crippen molar-refractivity contribution in [1.29, 1.82) is 0 Å². The third-order valence-corrected chi connectivity index (χ3v) is 6.13. The molecule has 0 spiro atoms. The number of aryl methyl sites for hydroxylation is 2. The Balaban J connectivity index is 1.64. The van der Waals surface area contributed by atoms with Crippen molar-refractivity contribution in [2.45, 2.75) is 58.5 Å². The Labute approximate surface area is 173 Å². The van der Waals surface area contributed by atoms with Crippen LogP contribution in [0, 0.1) is 31.4 Å². The number of halogens is 2. The molecule has 1 atom stereocenters. The van der Waals surface area contributed by atoms with Crippen LogP contribution in [0.4, 0.5) is 8.78 Å². The maximum absolute atomic E-state index is 13.9. The van der Waals surface area contributed by atoms with E-state index in [0.717, 1.165) is 19.0 Å². The minimum Gasteiger partial charge on any atom is -0.376 e. The molecule has 2 aromatic carbocycles. The van der Waals surface area contributed by atoms with Gasteiger partial charge in [0.1, 0.15) is 11.6 Å². The lowest BCUT2D eigenvalue weighted by Gasteiger charge is -2.25. The van der Waals surface area contributed by atoms with Gasteiger partial charge in [0.25, 0.3) is 0 Å². The number of ether oxygens (including phenoxy) is 1. The van der Waals surface area contributed by atoms with Gasteiger partial charge in [-0.1, -0.05) is 43.5 Å². The Kier molecular flexibility index (Phi) is 8.19. The zero-order valence-corrected chi connectivity index (χ0v) is 17.6. The van der Waals surface area contributed by atoms with Crippen LogP contribution in [0.5, 0.6) is 0 Å². The summed E-state index contributed by atoms with van der Waals surface area (Å²) in [5, 5.41) is 3.65. The molecule has 0 aromatic heterocycles. The molecule has 3 rings (SSSR count). The second kappa shape index (κ2) is 10.8. The van der Waals surface area contributed by atoms with E-state index in [4.69, 9.17) is 4.74 Å². The highest BCUT2D eigenvalue weighted by atomic mass is 19.1. The molecule has 0 amide bonds. The van der Waals surface area contributed by atoms with E-state index in [0.29, 0.717) is 6.61 Å². The van der Waals surface area contributed by atoms with E-state index in [1.807, 2.05) is 0 Å². The lowest BCUT2D eigenvalue weighted by atomic mass is 9.88. The topological polar surface area (TPSA) is 21.3 Å². The second-order valence-electron chi connectivity index (χ2n) is 8.38. The van der Waals surface area contributed by atoms with Gasteiger partial charge < -0.3 is 10.1 Å². The van der Waals surface area contributed by atoms with Gasteiger partial charge in [-0.25, -0.2) is 8.78 Å². The fourth-order valence-corrected chi connectivity index (χ4v) is 4.54. The van der Waals surface area contributed by atoms with Crippen molar-refractivity contribution < 1.29 is 13.5 Å². The van der Waals surface area contributed by atoms with Crippen LogP contribution in [-0.2, 0) is 11.3 Å². The second-order valence-corrected chi connectivity index (χ2v) is 8.38. The molecule has 0 aliphatic heterocycles. The van der Waals surface area contributed by atoms with Gasteiger partial charge >= 0.3 is 0 Å². The smallest absolute Gasteiger partial charge is 0.131 e. The average molecular weight is 402 g/mol. The first-order valence-electron chi connectivity index (χ1n) is 10.8. The van der Waals surface area contributed by atoms with Crippen LogP contribution < -0.4 is 5.32 Å². The third kappa shape index (κ3) is 6.10. The standard InChI is InChI=1S/C25H33F2NO/c1-18-8-6-9-19(2)25(18)21(15-28-14-20-10-4-3-5-11-20)16-29-17-22-23(26)12-7-13-24(22)27/h6-9,12-13,20-21,28H,3-5,10-11,14-17H2,1-2H3. The van der Waals surface area contributed by atoms with Crippen molar-refractivity contribution in [2.75, 3.05) is 19.7 Å².